The summed E-state index contributed by atoms with van der Waals surface area (Å²) in [4.78, 5) is 4.02. The van der Waals surface area contributed by atoms with Gasteiger partial charge in [0.1, 0.15) is 0 Å². The summed E-state index contributed by atoms with van der Waals surface area (Å²) < 4.78 is 1.36. The number of hydrogen-bond acceptors (Lipinski definition) is 2. The van der Waals surface area contributed by atoms with Crippen LogP contribution in [0.15, 0.2) is 188 Å². The molecule has 0 aliphatic heterocycles. The topological polar surface area (TPSA) is 3.24 Å². The molecule has 11 rings (SSSR count). The maximum absolute atomic E-state index is 2.53. The minimum Gasteiger partial charge on any atom is -0.310 e. The van der Waals surface area contributed by atoms with E-state index in [1.165, 1.54) is 98.7 Å². The molecular weight excluding hydrogens is 755 g/mol. The Hall–Kier alpha value is -6.48. The molecular formula is C59H51NS. The van der Waals surface area contributed by atoms with E-state index < -0.39 is 0 Å². The van der Waals surface area contributed by atoms with E-state index in [0.717, 1.165) is 31.4 Å². The first-order chi connectivity index (χ1) is 30.0. The third kappa shape index (κ3) is 6.80. The van der Waals surface area contributed by atoms with Crippen LogP contribution in [0.4, 0.5) is 17.1 Å². The lowest BCUT2D eigenvalue weighted by Gasteiger charge is -2.30. The summed E-state index contributed by atoms with van der Waals surface area (Å²) in [6, 6.07) is 60.8. The van der Waals surface area contributed by atoms with Crippen molar-refractivity contribution in [3.63, 3.8) is 0 Å². The molecule has 3 aliphatic rings. The fraction of sp³-hybridized carbons (Fsp3) is 0.153. The van der Waals surface area contributed by atoms with E-state index in [2.05, 4.69) is 207 Å². The first-order valence-electron chi connectivity index (χ1n) is 22.0. The quantitative estimate of drug-likeness (QED) is 0.155. The molecule has 0 fully saturated rings. The lowest BCUT2D eigenvalue weighted by molar-refractivity contribution is 0.651. The van der Waals surface area contributed by atoms with Gasteiger partial charge in [0.25, 0.3) is 0 Å². The molecule has 298 valence electrons. The smallest absolute Gasteiger partial charge is 0.0554 e. The van der Waals surface area contributed by atoms with Gasteiger partial charge in [-0.25, -0.2) is 0 Å². The first-order valence-corrected chi connectivity index (χ1v) is 22.9. The zero-order valence-corrected chi connectivity index (χ0v) is 36.4. The van der Waals surface area contributed by atoms with Crippen molar-refractivity contribution in [1.82, 2.24) is 0 Å². The summed E-state index contributed by atoms with van der Waals surface area (Å²) in [5.74, 6) is 0. The van der Waals surface area contributed by atoms with Crippen LogP contribution in [0.2, 0.25) is 0 Å². The standard InChI is InChI=1S/C57H45NS.C2H6/c1-57(2)51-23-13-11-21-47(51)48-34-33-44(37-52(48)57)58(43-31-29-41(30-32-43)46-20-10-9-19-45(46)40-17-7-4-8-18-40)53-36-35-50-49-22-12-14-24-54(49)59-56(50)55(53)42-27-25-39(26-28-42)38-15-5-3-6-16-38;1-2/h3-10,12-13,15-20,22-23,25-37H,11,14,21,24H2,1-2H3;1-2H3. The van der Waals surface area contributed by atoms with Crippen molar-refractivity contribution < 1.29 is 0 Å². The second-order valence-corrected chi connectivity index (χ2v) is 17.7. The van der Waals surface area contributed by atoms with Gasteiger partial charge in [0.15, 0.2) is 0 Å². The molecule has 0 N–H and O–H groups in total. The van der Waals surface area contributed by atoms with Gasteiger partial charge in [-0.3, -0.25) is 0 Å². The van der Waals surface area contributed by atoms with Crippen molar-refractivity contribution in [2.75, 3.05) is 4.90 Å². The molecule has 3 aliphatic carbocycles. The van der Waals surface area contributed by atoms with E-state index in [9.17, 15) is 0 Å². The second-order valence-electron chi connectivity index (χ2n) is 16.6. The number of thiophene rings is 1. The van der Waals surface area contributed by atoms with Crippen LogP contribution in [0.1, 0.15) is 68.5 Å². The fourth-order valence-electron chi connectivity index (χ4n) is 9.88. The molecule has 61 heavy (non-hydrogen) atoms. The summed E-state index contributed by atoms with van der Waals surface area (Å²) in [5.41, 5.74) is 20.5. The normalized spacial score (nSPS) is 14.6. The van der Waals surface area contributed by atoms with E-state index in [0.29, 0.717) is 0 Å². The molecule has 0 atom stereocenters. The number of anilines is 3. The van der Waals surface area contributed by atoms with Gasteiger partial charge in [-0.1, -0.05) is 185 Å². The van der Waals surface area contributed by atoms with E-state index in [1.807, 2.05) is 25.2 Å². The molecule has 1 aromatic heterocycles. The molecule has 0 radical (unpaired) electrons. The number of aryl methyl sites for hydroxylation is 1. The van der Waals surface area contributed by atoms with Gasteiger partial charge in [-0.15, -0.1) is 11.3 Å². The zero-order chi connectivity index (χ0) is 41.5. The Morgan fingerprint density at radius 1 is 0.508 bits per heavy atom. The highest BCUT2D eigenvalue weighted by Crippen LogP contribution is 2.54. The van der Waals surface area contributed by atoms with Crippen LogP contribution in [0.25, 0.3) is 66.2 Å². The number of hydrogen-bond donors (Lipinski definition) is 0. The van der Waals surface area contributed by atoms with Gasteiger partial charge < -0.3 is 4.90 Å². The average Bonchev–Trinajstić information content (AvgIpc) is 3.82. The second kappa shape index (κ2) is 16.2. The molecule has 1 heterocycles. The largest absolute Gasteiger partial charge is 0.310 e. The fourth-order valence-corrected chi connectivity index (χ4v) is 11.2. The molecule has 0 amide bonds. The van der Waals surface area contributed by atoms with Crippen LogP contribution in [-0.2, 0) is 11.8 Å². The van der Waals surface area contributed by atoms with E-state index in [4.69, 9.17) is 0 Å². The molecule has 0 bridgehead atoms. The molecule has 0 unspecified atom stereocenters. The van der Waals surface area contributed by atoms with Crippen molar-refractivity contribution in [2.24, 2.45) is 0 Å². The molecule has 2 heteroatoms. The van der Waals surface area contributed by atoms with E-state index in [-0.39, 0.29) is 5.41 Å². The summed E-state index contributed by atoms with van der Waals surface area (Å²) in [6.45, 7) is 8.82. The van der Waals surface area contributed by atoms with Crippen molar-refractivity contribution in [2.45, 2.75) is 58.8 Å². The highest BCUT2D eigenvalue weighted by atomic mass is 32.1. The van der Waals surface area contributed by atoms with Crippen LogP contribution in [0.5, 0.6) is 0 Å². The van der Waals surface area contributed by atoms with Crippen molar-refractivity contribution in [3.05, 3.63) is 209 Å². The van der Waals surface area contributed by atoms with Crippen LogP contribution in [0.3, 0.4) is 0 Å². The Bertz CT molecular complexity index is 2980. The summed E-state index contributed by atoms with van der Waals surface area (Å²) in [7, 11) is 0. The number of allylic oxidation sites excluding steroid dienone is 5. The summed E-state index contributed by atoms with van der Waals surface area (Å²) >= 11 is 1.98. The summed E-state index contributed by atoms with van der Waals surface area (Å²) in [6.07, 6.45) is 13.8. The molecule has 1 nitrogen and oxygen atoms in total. The average molecular weight is 806 g/mol. The highest BCUT2D eigenvalue weighted by Gasteiger charge is 2.38. The van der Waals surface area contributed by atoms with Crippen LogP contribution in [-0.4, -0.2) is 0 Å². The monoisotopic (exact) mass is 805 g/mol. The zero-order valence-electron chi connectivity index (χ0n) is 35.6. The van der Waals surface area contributed by atoms with E-state index >= 15 is 0 Å². The van der Waals surface area contributed by atoms with Crippen LogP contribution < -0.4 is 4.90 Å². The maximum atomic E-state index is 2.53. The lowest BCUT2D eigenvalue weighted by atomic mass is 9.80. The maximum Gasteiger partial charge on any atom is 0.0554 e. The first kappa shape index (κ1) is 38.7. The number of fused-ring (bicyclic) bond motifs is 5. The number of nitrogens with zero attached hydrogens (tertiary/aromatic N) is 1. The third-order valence-electron chi connectivity index (χ3n) is 12.8. The predicted octanol–water partition coefficient (Wildman–Crippen LogP) is 17.4. The van der Waals surface area contributed by atoms with Gasteiger partial charge in [0.2, 0.25) is 0 Å². The van der Waals surface area contributed by atoms with Crippen LogP contribution in [0, 0.1) is 0 Å². The Labute approximate surface area is 365 Å². The van der Waals surface area contributed by atoms with Crippen molar-refractivity contribution in [1.29, 1.82) is 0 Å². The number of rotatable bonds is 7. The van der Waals surface area contributed by atoms with Crippen molar-refractivity contribution >= 4 is 50.1 Å². The Morgan fingerprint density at radius 3 is 1.80 bits per heavy atom. The Balaban J connectivity index is 0.00000220. The molecule has 0 spiro atoms. The molecule has 7 aromatic carbocycles. The minimum absolute atomic E-state index is 0.0759. The SMILES string of the molecule is CC.CC1(C)C2=C(CCC=C2)c2ccc(N(c3ccc(-c4ccccc4-c4ccccc4)cc3)c3ccc4c5c(sc4c3-c3ccc(-c4ccccc4)cc3)CCC=C5)cc21. The van der Waals surface area contributed by atoms with Gasteiger partial charge in [0, 0.05) is 37.3 Å². The lowest BCUT2D eigenvalue weighted by Crippen LogP contribution is -2.18. The molecule has 8 aromatic rings. The van der Waals surface area contributed by atoms with Gasteiger partial charge in [-0.2, -0.15) is 0 Å². The molecule has 0 saturated carbocycles. The predicted molar refractivity (Wildman–Crippen MR) is 265 cm³/mol. The Kier molecular flexibility index (Phi) is 10.3. The Morgan fingerprint density at radius 2 is 1.08 bits per heavy atom. The molecule has 0 saturated heterocycles. The number of benzene rings is 7. The minimum atomic E-state index is -0.0759. The highest BCUT2D eigenvalue weighted by molar-refractivity contribution is 7.20. The third-order valence-corrected chi connectivity index (χ3v) is 14.1. The van der Waals surface area contributed by atoms with Gasteiger partial charge in [0.05, 0.1) is 5.69 Å². The van der Waals surface area contributed by atoms with Crippen LogP contribution >= 0.6 is 11.3 Å². The van der Waals surface area contributed by atoms with Gasteiger partial charge in [-0.05, 0) is 123 Å². The summed E-state index contributed by atoms with van der Waals surface area (Å²) in [5, 5.41) is 1.35. The van der Waals surface area contributed by atoms with Gasteiger partial charge >= 0.3 is 0 Å². The van der Waals surface area contributed by atoms with E-state index in [1.54, 1.807) is 0 Å². The van der Waals surface area contributed by atoms with Crippen molar-refractivity contribution in [3.8, 4) is 44.5 Å².